The van der Waals surface area contributed by atoms with E-state index in [1.54, 1.807) is 11.8 Å². The molecule has 7 nitrogen and oxygen atoms in total. The average Bonchev–Trinajstić information content (AvgIpc) is 3.39. The zero-order valence-corrected chi connectivity index (χ0v) is 26.0. The van der Waals surface area contributed by atoms with Crippen LogP contribution in [0, 0.1) is 13.8 Å². The first-order valence-corrected chi connectivity index (χ1v) is 16.2. The van der Waals surface area contributed by atoms with Gasteiger partial charge < -0.3 is 9.80 Å². The molecule has 2 aromatic carbocycles. The molecule has 1 unspecified atom stereocenters. The fourth-order valence-electron chi connectivity index (χ4n) is 5.30. The van der Waals surface area contributed by atoms with Crippen LogP contribution in [0.15, 0.2) is 53.7 Å². The summed E-state index contributed by atoms with van der Waals surface area (Å²) in [4.78, 5) is 29.7. The van der Waals surface area contributed by atoms with Crippen LogP contribution in [0.2, 0.25) is 0 Å². The van der Waals surface area contributed by atoms with Gasteiger partial charge in [0.2, 0.25) is 11.8 Å². The lowest BCUT2D eigenvalue weighted by molar-refractivity contribution is -0.142. The van der Waals surface area contributed by atoms with Crippen LogP contribution in [0.25, 0.3) is 17.1 Å². The second-order valence-electron chi connectivity index (χ2n) is 11.2. The number of carbonyl (C=O) groups excluding carboxylic acids is 2. The van der Waals surface area contributed by atoms with Crippen LogP contribution >= 0.6 is 11.8 Å². The minimum atomic E-state index is 0.0680. The summed E-state index contributed by atoms with van der Waals surface area (Å²) in [6, 6.07) is 16.8. The SMILES string of the molecule is CCCCCCCC(=O)N1CCN(C(=O)CCCSc2nnc(-c3ccc(C)cc3)n2-c2ccc(C)cc2)CC1C. The molecule has 8 heteroatoms. The maximum absolute atomic E-state index is 13.0. The summed E-state index contributed by atoms with van der Waals surface area (Å²) in [5, 5.41) is 9.91. The maximum atomic E-state index is 13.0. The van der Waals surface area contributed by atoms with E-state index in [1.165, 1.54) is 30.4 Å². The van der Waals surface area contributed by atoms with E-state index in [1.807, 2.05) is 9.80 Å². The summed E-state index contributed by atoms with van der Waals surface area (Å²) in [7, 11) is 0. The molecule has 1 atom stereocenters. The Bertz CT molecular complexity index is 1270. The van der Waals surface area contributed by atoms with E-state index >= 15 is 0 Å². The molecule has 2 heterocycles. The van der Waals surface area contributed by atoms with E-state index in [2.05, 4.69) is 91.0 Å². The molecule has 3 aromatic rings. The fourth-order valence-corrected chi connectivity index (χ4v) is 6.19. The van der Waals surface area contributed by atoms with E-state index in [0.717, 1.165) is 47.2 Å². The second-order valence-corrected chi connectivity index (χ2v) is 12.3. The van der Waals surface area contributed by atoms with Gasteiger partial charge in [-0.3, -0.25) is 14.2 Å². The number of amides is 2. The number of hydrogen-bond donors (Lipinski definition) is 0. The Balaban J connectivity index is 1.29. The van der Waals surface area contributed by atoms with Gasteiger partial charge in [-0.05, 0) is 45.7 Å². The Hall–Kier alpha value is -3.13. The van der Waals surface area contributed by atoms with Crippen molar-refractivity contribution < 1.29 is 9.59 Å². The van der Waals surface area contributed by atoms with Crippen LogP contribution in [-0.4, -0.2) is 67.8 Å². The van der Waals surface area contributed by atoms with E-state index in [4.69, 9.17) is 0 Å². The van der Waals surface area contributed by atoms with Crippen LogP contribution in [0.5, 0.6) is 0 Å². The van der Waals surface area contributed by atoms with Crippen molar-refractivity contribution in [1.82, 2.24) is 24.6 Å². The lowest BCUT2D eigenvalue weighted by Gasteiger charge is -2.40. The third-order valence-corrected chi connectivity index (χ3v) is 8.81. The van der Waals surface area contributed by atoms with E-state index < -0.39 is 0 Å². The van der Waals surface area contributed by atoms with Crippen molar-refractivity contribution in [1.29, 1.82) is 0 Å². The standard InChI is InChI=1S/C33H45N5O2S/c1-5-6-7-8-9-11-31(40)37-22-21-36(24-27(37)4)30(39)12-10-23-41-33-35-34-32(28-17-13-25(2)14-18-28)38(33)29-19-15-26(3)16-20-29/h13-20,27H,5-12,21-24H2,1-4H3. The predicted molar refractivity (Wildman–Crippen MR) is 167 cm³/mol. The molecule has 1 saturated heterocycles. The number of hydrogen-bond acceptors (Lipinski definition) is 5. The molecular weight excluding hydrogens is 530 g/mol. The molecule has 1 aliphatic heterocycles. The van der Waals surface area contributed by atoms with Gasteiger partial charge in [0, 0.05) is 55.5 Å². The largest absolute Gasteiger partial charge is 0.339 e. The van der Waals surface area contributed by atoms with E-state index in [0.29, 0.717) is 32.5 Å². The first kappa shape index (κ1) is 30.8. The highest BCUT2D eigenvalue weighted by Gasteiger charge is 2.29. The van der Waals surface area contributed by atoms with Crippen molar-refractivity contribution in [3.63, 3.8) is 0 Å². The second kappa shape index (κ2) is 15.2. The van der Waals surface area contributed by atoms with Gasteiger partial charge in [-0.1, -0.05) is 91.9 Å². The predicted octanol–water partition coefficient (Wildman–Crippen LogP) is 6.84. The van der Waals surface area contributed by atoms with Crippen LogP contribution in [0.3, 0.4) is 0 Å². The maximum Gasteiger partial charge on any atom is 0.222 e. The zero-order valence-electron chi connectivity index (χ0n) is 25.1. The van der Waals surface area contributed by atoms with Crippen molar-refractivity contribution in [2.45, 2.75) is 90.3 Å². The van der Waals surface area contributed by atoms with Gasteiger partial charge in [0.05, 0.1) is 0 Å². The Morgan fingerprint density at radius 3 is 2.17 bits per heavy atom. The molecule has 0 saturated carbocycles. The minimum absolute atomic E-state index is 0.0680. The first-order chi connectivity index (χ1) is 19.9. The van der Waals surface area contributed by atoms with Crippen molar-refractivity contribution in [2.75, 3.05) is 25.4 Å². The molecule has 0 radical (unpaired) electrons. The number of aryl methyl sites for hydroxylation is 2. The number of rotatable bonds is 13. The Morgan fingerprint density at radius 1 is 0.829 bits per heavy atom. The van der Waals surface area contributed by atoms with E-state index in [9.17, 15) is 9.59 Å². The van der Waals surface area contributed by atoms with Gasteiger partial charge >= 0.3 is 0 Å². The highest BCUT2D eigenvalue weighted by atomic mass is 32.2. The molecule has 1 fully saturated rings. The summed E-state index contributed by atoms with van der Waals surface area (Å²) in [5.74, 6) is 2.00. The van der Waals surface area contributed by atoms with Crippen molar-refractivity contribution in [3.8, 4) is 17.1 Å². The van der Waals surface area contributed by atoms with Crippen molar-refractivity contribution >= 4 is 23.6 Å². The van der Waals surface area contributed by atoms with Crippen LogP contribution in [-0.2, 0) is 9.59 Å². The van der Waals surface area contributed by atoms with Gasteiger partial charge in [0.25, 0.3) is 0 Å². The highest BCUT2D eigenvalue weighted by molar-refractivity contribution is 7.99. The lowest BCUT2D eigenvalue weighted by Crippen LogP contribution is -2.55. The molecule has 0 bridgehead atoms. The van der Waals surface area contributed by atoms with E-state index in [-0.39, 0.29) is 17.9 Å². The number of benzene rings is 2. The number of carbonyl (C=O) groups is 2. The molecule has 220 valence electrons. The lowest BCUT2D eigenvalue weighted by atomic mass is 10.1. The number of thioether (sulfide) groups is 1. The van der Waals surface area contributed by atoms with Gasteiger partial charge in [-0.25, -0.2) is 0 Å². The smallest absolute Gasteiger partial charge is 0.222 e. The molecule has 4 rings (SSSR count). The molecule has 2 amide bonds. The summed E-state index contributed by atoms with van der Waals surface area (Å²) >= 11 is 1.64. The number of unbranched alkanes of at least 4 members (excludes halogenated alkanes) is 4. The summed E-state index contributed by atoms with van der Waals surface area (Å²) in [6.07, 6.45) is 7.63. The van der Waals surface area contributed by atoms with Gasteiger partial charge in [-0.15, -0.1) is 10.2 Å². The van der Waals surface area contributed by atoms with Gasteiger partial charge in [0.15, 0.2) is 11.0 Å². The molecule has 1 aromatic heterocycles. The fraction of sp³-hybridized carbons (Fsp3) is 0.515. The Morgan fingerprint density at radius 2 is 1.49 bits per heavy atom. The normalized spacial score (nSPS) is 15.4. The summed E-state index contributed by atoms with van der Waals surface area (Å²) < 4.78 is 2.11. The number of aromatic nitrogens is 3. The third kappa shape index (κ3) is 8.44. The molecular formula is C33H45N5O2S. The van der Waals surface area contributed by atoms with Crippen LogP contribution in [0.1, 0.15) is 76.3 Å². The van der Waals surface area contributed by atoms with Crippen LogP contribution < -0.4 is 0 Å². The summed E-state index contributed by atoms with van der Waals surface area (Å²) in [6.45, 7) is 10.3. The molecule has 0 N–H and O–H groups in total. The molecule has 0 spiro atoms. The zero-order chi connectivity index (χ0) is 29.2. The Kier molecular flexibility index (Phi) is 11.4. The molecule has 1 aliphatic rings. The first-order valence-electron chi connectivity index (χ1n) is 15.2. The Labute approximate surface area is 249 Å². The van der Waals surface area contributed by atoms with Crippen molar-refractivity contribution in [2.24, 2.45) is 0 Å². The third-order valence-electron chi connectivity index (χ3n) is 7.80. The van der Waals surface area contributed by atoms with Crippen molar-refractivity contribution in [3.05, 3.63) is 59.7 Å². The molecule has 0 aliphatic carbocycles. The number of nitrogens with zero attached hydrogens (tertiary/aromatic N) is 5. The highest BCUT2D eigenvalue weighted by Crippen LogP contribution is 2.29. The average molecular weight is 576 g/mol. The van der Waals surface area contributed by atoms with Gasteiger partial charge in [-0.2, -0.15) is 0 Å². The van der Waals surface area contributed by atoms with Crippen LogP contribution in [0.4, 0.5) is 0 Å². The van der Waals surface area contributed by atoms with Gasteiger partial charge in [0.1, 0.15) is 0 Å². The summed E-state index contributed by atoms with van der Waals surface area (Å²) in [5.41, 5.74) is 4.45. The quantitative estimate of drug-likeness (QED) is 0.165. The monoisotopic (exact) mass is 575 g/mol. The topological polar surface area (TPSA) is 71.3 Å². The molecule has 41 heavy (non-hydrogen) atoms. The minimum Gasteiger partial charge on any atom is -0.339 e. The number of piperazine rings is 1.